The number of hydrogen-bond donors (Lipinski definition) is 1. The molecule has 0 radical (unpaired) electrons. The van der Waals surface area contributed by atoms with Gasteiger partial charge < -0.3 is 10.2 Å². The second-order valence-corrected chi connectivity index (χ2v) is 6.34. The zero-order chi connectivity index (χ0) is 16.4. The molecule has 1 atom stereocenters. The Morgan fingerprint density at radius 3 is 3.21 bits per heavy atom. The van der Waals surface area contributed by atoms with Gasteiger partial charge in [0.05, 0.1) is 0 Å². The molecule has 0 saturated carbocycles. The number of rotatable bonds is 4. The maximum atomic E-state index is 4.54. The molecule has 1 saturated heterocycles. The SMILES string of the molecule is Cc1cnccc1NCC1CCCN(c2nccn3cnnc23)C1. The molecule has 1 fully saturated rings. The van der Waals surface area contributed by atoms with Gasteiger partial charge in [-0.1, -0.05) is 0 Å². The highest BCUT2D eigenvalue weighted by molar-refractivity contribution is 5.63. The highest BCUT2D eigenvalue weighted by atomic mass is 15.3. The average molecular weight is 323 g/mol. The Morgan fingerprint density at radius 1 is 1.33 bits per heavy atom. The molecule has 1 aliphatic heterocycles. The van der Waals surface area contributed by atoms with E-state index in [1.807, 2.05) is 35.3 Å². The lowest BCUT2D eigenvalue weighted by molar-refractivity contribution is 0.430. The van der Waals surface area contributed by atoms with Crippen molar-refractivity contribution in [2.75, 3.05) is 29.9 Å². The Kier molecular flexibility index (Phi) is 3.98. The van der Waals surface area contributed by atoms with Crippen molar-refractivity contribution in [3.05, 3.63) is 42.7 Å². The molecule has 4 heterocycles. The van der Waals surface area contributed by atoms with Crippen LogP contribution >= 0.6 is 0 Å². The zero-order valence-corrected chi connectivity index (χ0v) is 13.8. The first-order chi connectivity index (χ1) is 11.8. The molecule has 24 heavy (non-hydrogen) atoms. The molecule has 0 aromatic carbocycles. The minimum Gasteiger partial charge on any atom is -0.384 e. The third-order valence-electron chi connectivity index (χ3n) is 4.62. The van der Waals surface area contributed by atoms with Gasteiger partial charge in [0.25, 0.3) is 0 Å². The van der Waals surface area contributed by atoms with Crippen LogP contribution in [0.2, 0.25) is 0 Å². The molecule has 0 aliphatic carbocycles. The second kappa shape index (κ2) is 6.43. The number of aromatic nitrogens is 5. The van der Waals surface area contributed by atoms with Crippen LogP contribution in [0, 0.1) is 12.8 Å². The van der Waals surface area contributed by atoms with Crippen LogP contribution in [0.5, 0.6) is 0 Å². The molecule has 7 heteroatoms. The Morgan fingerprint density at radius 2 is 2.29 bits per heavy atom. The van der Waals surface area contributed by atoms with Crippen molar-refractivity contribution in [3.8, 4) is 0 Å². The van der Waals surface area contributed by atoms with E-state index in [2.05, 4.69) is 37.3 Å². The standard InChI is InChI=1S/C17H21N7/c1-13-9-18-5-4-15(13)20-10-14-3-2-7-23(11-14)16-17-22-21-12-24(17)8-6-19-16/h4-6,8-9,12,14H,2-3,7,10-11H2,1H3,(H,18,20). The van der Waals surface area contributed by atoms with Crippen molar-refractivity contribution >= 4 is 17.2 Å². The molecule has 3 aromatic rings. The number of nitrogens with one attached hydrogen (secondary N) is 1. The molecule has 1 unspecified atom stereocenters. The summed E-state index contributed by atoms with van der Waals surface area (Å²) in [6, 6.07) is 2.04. The van der Waals surface area contributed by atoms with Crippen LogP contribution in [0.15, 0.2) is 37.2 Å². The number of anilines is 2. The molecule has 7 nitrogen and oxygen atoms in total. The lowest BCUT2D eigenvalue weighted by atomic mass is 9.98. The maximum absolute atomic E-state index is 4.54. The maximum Gasteiger partial charge on any atom is 0.203 e. The largest absolute Gasteiger partial charge is 0.384 e. The van der Waals surface area contributed by atoms with Crippen molar-refractivity contribution < 1.29 is 0 Å². The fraction of sp³-hybridized carbons (Fsp3) is 0.412. The van der Waals surface area contributed by atoms with Crippen LogP contribution in [-0.2, 0) is 0 Å². The molecule has 0 amide bonds. The van der Waals surface area contributed by atoms with E-state index in [4.69, 9.17) is 0 Å². The fourth-order valence-electron chi connectivity index (χ4n) is 3.32. The smallest absolute Gasteiger partial charge is 0.203 e. The topological polar surface area (TPSA) is 71.2 Å². The van der Waals surface area contributed by atoms with Gasteiger partial charge in [-0.2, -0.15) is 0 Å². The lowest BCUT2D eigenvalue weighted by Gasteiger charge is -2.33. The van der Waals surface area contributed by atoms with Gasteiger partial charge in [-0.25, -0.2) is 4.98 Å². The minimum atomic E-state index is 0.580. The van der Waals surface area contributed by atoms with Crippen LogP contribution in [0.3, 0.4) is 0 Å². The van der Waals surface area contributed by atoms with E-state index in [0.29, 0.717) is 5.92 Å². The van der Waals surface area contributed by atoms with E-state index in [1.54, 1.807) is 6.33 Å². The van der Waals surface area contributed by atoms with Crippen LogP contribution in [0.4, 0.5) is 11.5 Å². The molecule has 1 N–H and O–H groups in total. The second-order valence-electron chi connectivity index (χ2n) is 6.34. The van der Waals surface area contributed by atoms with Crippen molar-refractivity contribution in [1.29, 1.82) is 0 Å². The highest BCUT2D eigenvalue weighted by Gasteiger charge is 2.23. The Bertz CT molecular complexity index is 828. The van der Waals surface area contributed by atoms with Gasteiger partial charge in [-0.15, -0.1) is 10.2 Å². The molecule has 4 rings (SSSR count). The number of aryl methyl sites for hydroxylation is 1. The highest BCUT2D eigenvalue weighted by Crippen LogP contribution is 2.24. The predicted molar refractivity (Wildman–Crippen MR) is 93.2 cm³/mol. The molecular weight excluding hydrogens is 302 g/mol. The van der Waals surface area contributed by atoms with E-state index in [0.717, 1.165) is 31.1 Å². The summed E-state index contributed by atoms with van der Waals surface area (Å²) >= 11 is 0. The van der Waals surface area contributed by atoms with Gasteiger partial charge in [0.2, 0.25) is 5.65 Å². The van der Waals surface area contributed by atoms with Crippen LogP contribution in [0.1, 0.15) is 18.4 Å². The summed E-state index contributed by atoms with van der Waals surface area (Å²) in [5, 5.41) is 11.8. The Balaban J connectivity index is 1.46. The molecule has 1 aliphatic rings. The molecular formula is C17H21N7. The Hall–Kier alpha value is -2.70. The summed E-state index contributed by atoms with van der Waals surface area (Å²) in [6.07, 6.45) is 11.5. The van der Waals surface area contributed by atoms with Crippen molar-refractivity contribution in [3.63, 3.8) is 0 Å². The van der Waals surface area contributed by atoms with E-state index in [9.17, 15) is 0 Å². The van der Waals surface area contributed by atoms with Gasteiger partial charge in [0.1, 0.15) is 6.33 Å². The van der Waals surface area contributed by atoms with Gasteiger partial charge in [0.15, 0.2) is 5.82 Å². The predicted octanol–water partition coefficient (Wildman–Crippen LogP) is 2.16. The van der Waals surface area contributed by atoms with Gasteiger partial charge in [-0.3, -0.25) is 9.38 Å². The Labute approximate surface area is 140 Å². The summed E-state index contributed by atoms with van der Waals surface area (Å²) in [5.41, 5.74) is 3.18. The molecule has 0 spiro atoms. The quantitative estimate of drug-likeness (QED) is 0.793. The lowest BCUT2D eigenvalue weighted by Crippen LogP contribution is -2.38. The molecule has 0 bridgehead atoms. The zero-order valence-electron chi connectivity index (χ0n) is 13.8. The first-order valence-corrected chi connectivity index (χ1v) is 8.35. The normalized spacial score (nSPS) is 18.0. The number of piperidine rings is 1. The van der Waals surface area contributed by atoms with Crippen molar-refractivity contribution in [2.45, 2.75) is 19.8 Å². The number of fused-ring (bicyclic) bond motifs is 1. The van der Waals surface area contributed by atoms with Crippen LogP contribution in [-0.4, -0.2) is 44.2 Å². The first kappa shape index (κ1) is 14.9. The van der Waals surface area contributed by atoms with Crippen molar-refractivity contribution in [2.24, 2.45) is 5.92 Å². The van der Waals surface area contributed by atoms with E-state index in [-0.39, 0.29) is 0 Å². The molecule has 3 aromatic heterocycles. The van der Waals surface area contributed by atoms with Gasteiger partial charge >= 0.3 is 0 Å². The van der Waals surface area contributed by atoms with E-state index >= 15 is 0 Å². The summed E-state index contributed by atoms with van der Waals surface area (Å²) < 4.78 is 1.92. The third kappa shape index (κ3) is 2.89. The summed E-state index contributed by atoms with van der Waals surface area (Å²) in [7, 11) is 0. The van der Waals surface area contributed by atoms with Gasteiger partial charge in [0, 0.05) is 50.1 Å². The molecule has 124 valence electrons. The monoisotopic (exact) mass is 323 g/mol. The minimum absolute atomic E-state index is 0.580. The summed E-state index contributed by atoms with van der Waals surface area (Å²) in [5.74, 6) is 1.51. The summed E-state index contributed by atoms with van der Waals surface area (Å²) in [4.78, 5) is 11.0. The van der Waals surface area contributed by atoms with Crippen molar-refractivity contribution in [1.82, 2.24) is 24.6 Å². The number of pyridine rings is 1. The van der Waals surface area contributed by atoms with Crippen LogP contribution < -0.4 is 10.2 Å². The van der Waals surface area contributed by atoms with Gasteiger partial charge in [-0.05, 0) is 37.3 Å². The van der Waals surface area contributed by atoms with E-state index < -0.39 is 0 Å². The van der Waals surface area contributed by atoms with Crippen LogP contribution in [0.25, 0.3) is 5.65 Å². The third-order valence-corrected chi connectivity index (χ3v) is 4.62. The van der Waals surface area contributed by atoms with E-state index in [1.165, 1.54) is 24.1 Å². The summed E-state index contributed by atoms with van der Waals surface area (Å²) in [6.45, 7) is 5.04. The number of nitrogens with zero attached hydrogens (tertiary/aromatic N) is 6. The average Bonchev–Trinajstić information content (AvgIpc) is 3.10. The number of hydrogen-bond acceptors (Lipinski definition) is 6. The fourth-order valence-corrected chi connectivity index (χ4v) is 3.32. The first-order valence-electron chi connectivity index (χ1n) is 8.35.